The molecule has 7 nitrogen and oxygen atoms in total. The van der Waals surface area contributed by atoms with Gasteiger partial charge in [0.1, 0.15) is 0 Å². The molecule has 3 N–H and O–H groups in total. The Labute approximate surface area is 156 Å². The first-order valence-electron chi connectivity index (χ1n) is 7.23. The summed E-state index contributed by atoms with van der Waals surface area (Å²) < 4.78 is 1.93. The van der Waals surface area contributed by atoms with Gasteiger partial charge in [-0.3, -0.25) is 9.39 Å². The Bertz CT molecular complexity index is 670. The van der Waals surface area contributed by atoms with E-state index in [1.165, 1.54) is 0 Å². The van der Waals surface area contributed by atoms with Crippen molar-refractivity contribution >= 4 is 47.3 Å². The van der Waals surface area contributed by atoms with Crippen molar-refractivity contribution in [3.05, 3.63) is 30.2 Å². The van der Waals surface area contributed by atoms with Crippen LogP contribution in [0.1, 0.15) is 12.2 Å². The summed E-state index contributed by atoms with van der Waals surface area (Å²) in [5, 5.41) is 25.0. The minimum Gasteiger partial charge on any atom is -0.387 e. The van der Waals surface area contributed by atoms with Gasteiger partial charge in [0.15, 0.2) is 17.4 Å². The van der Waals surface area contributed by atoms with Crippen LogP contribution in [0, 0.1) is 0 Å². The van der Waals surface area contributed by atoms with Gasteiger partial charge >= 0.3 is 0 Å². The molecule has 2 aromatic heterocycles. The van der Waals surface area contributed by atoms with Crippen molar-refractivity contribution in [3.8, 4) is 0 Å². The van der Waals surface area contributed by atoms with Crippen LogP contribution in [-0.2, 0) is 6.54 Å². The largest absolute Gasteiger partial charge is 0.387 e. The lowest BCUT2D eigenvalue weighted by Crippen LogP contribution is -2.47. The van der Waals surface area contributed by atoms with Gasteiger partial charge in [-0.25, -0.2) is 0 Å². The molecule has 1 aliphatic heterocycles. The van der Waals surface area contributed by atoms with Crippen LogP contribution in [0.4, 0.5) is 0 Å². The van der Waals surface area contributed by atoms with E-state index in [-0.39, 0.29) is 24.0 Å². The van der Waals surface area contributed by atoms with Crippen molar-refractivity contribution in [2.24, 2.45) is 4.99 Å². The molecule has 0 spiro atoms. The van der Waals surface area contributed by atoms with E-state index < -0.39 is 5.60 Å². The number of pyridine rings is 1. The normalized spacial score (nSPS) is 21.2. The molecule has 3 heterocycles. The lowest BCUT2D eigenvalue weighted by molar-refractivity contribution is 0.0724. The zero-order chi connectivity index (χ0) is 15.4. The lowest BCUT2D eigenvalue weighted by Gasteiger charge is -2.23. The van der Waals surface area contributed by atoms with Crippen molar-refractivity contribution in [1.82, 2.24) is 25.2 Å². The highest BCUT2D eigenvalue weighted by Gasteiger charge is 2.31. The van der Waals surface area contributed by atoms with Crippen LogP contribution in [0.25, 0.3) is 5.65 Å². The Hall–Kier alpha value is -1.07. The Morgan fingerprint density at radius 2 is 2.30 bits per heavy atom. The molecule has 1 saturated heterocycles. The molecule has 0 aromatic carbocycles. The maximum atomic E-state index is 10.3. The molecular weight excluding hydrogens is 427 g/mol. The van der Waals surface area contributed by atoms with Crippen LogP contribution in [0.5, 0.6) is 0 Å². The summed E-state index contributed by atoms with van der Waals surface area (Å²) >= 11 is 1.78. The van der Waals surface area contributed by atoms with Gasteiger partial charge in [0.05, 0.1) is 12.1 Å². The molecule has 2 aromatic rings. The van der Waals surface area contributed by atoms with Crippen LogP contribution in [0.2, 0.25) is 0 Å². The van der Waals surface area contributed by atoms with E-state index in [2.05, 4.69) is 25.8 Å². The summed E-state index contributed by atoms with van der Waals surface area (Å²) in [5.74, 6) is 3.24. The predicted molar refractivity (Wildman–Crippen MR) is 103 cm³/mol. The topological polar surface area (TPSA) is 86.8 Å². The van der Waals surface area contributed by atoms with Crippen molar-refractivity contribution in [2.75, 3.05) is 25.1 Å². The van der Waals surface area contributed by atoms with E-state index in [0.717, 1.165) is 29.4 Å². The third kappa shape index (κ3) is 4.48. The zero-order valence-electron chi connectivity index (χ0n) is 12.9. The van der Waals surface area contributed by atoms with Crippen molar-refractivity contribution in [2.45, 2.75) is 18.6 Å². The number of hydrogen-bond acceptors (Lipinski definition) is 5. The number of rotatable bonds is 4. The Morgan fingerprint density at radius 3 is 3.04 bits per heavy atom. The molecule has 0 radical (unpaired) electrons. The van der Waals surface area contributed by atoms with Gasteiger partial charge in [-0.1, -0.05) is 6.07 Å². The van der Waals surface area contributed by atoms with Gasteiger partial charge in [0, 0.05) is 25.5 Å². The fourth-order valence-electron chi connectivity index (χ4n) is 2.38. The Balaban J connectivity index is 0.00000192. The van der Waals surface area contributed by atoms with Crippen LogP contribution in [0.3, 0.4) is 0 Å². The zero-order valence-corrected chi connectivity index (χ0v) is 16.0. The molecule has 126 valence electrons. The number of nitrogens with zero attached hydrogens (tertiary/aromatic N) is 4. The van der Waals surface area contributed by atoms with Crippen LogP contribution in [0.15, 0.2) is 29.4 Å². The molecule has 23 heavy (non-hydrogen) atoms. The fourth-order valence-corrected chi connectivity index (χ4v) is 3.67. The van der Waals surface area contributed by atoms with Gasteiger partial charge in [-0.2, -0.15) is 11.8 Å². The number of hydrogen-bond donors (Lipinski definition) is 3. The highest BCUT2D eigenvalue weighted by Crippen LogP contribution is 2.26. The highest BCUT2D eigenvalue weighted by molar-refractivity contribution is 14.0. The molecular formula is C14H21IN6OS. The van der Waals surface area contributed by atoms with Gasteiger partial charge in [-0.15, -0.1) is 34.2 Å². The van der Waals surface area contributed by atoms with E-state index in [4.69, 9.17) is 0 Å². The van der Waals surface area contributed by atoms with Gasteiger partial charge in [0.25, 0.3) is 0 Å². The first kappa shape index (κ1) is 18.3. The summed E-state index contributed by atoms with van der Waals surface area (Å²) in [4.78, 5) is 4.18. The summed E-state index contributed by atoms with van der Waals surface area (Å²) in [7, 11) is 1.71. The second-order valence-electron chi connectivity index (χ2n) is 5.35. The second-order valence-corrected chi connectivity index (χ2v) is 6.46. The third-order valence-electron chi connectivity index (χ3n) is 3.69. The number of aliphatic imine (C=N–C) groups is 1. The predicted octanol–water partition coefficient (Wildman–Crippen LogP) is 0.880. The number of aromatic nitrogens is 3. The molecule has 0 aliphatic carbocycles. The first-order chi connectivity index (χ1) is 10.7. The molecule has 1 aliphatic rings. The minimum atomic E-state index is -0.635. The highest BCUT2D eigenvalue weighted by atomic mass is 127. The van der Waals surface area contributed by atoms with E-state index in [1.807, 2.05) is 28.8 Å². The van der Waals surface area contributed by atoms with Gasteiger partial charge in [-0.05, 0) is 24.3 Å². The standard InChI is InChI=1S/C14H20N6OS.HI/c1-15-13(17-9-14(21)5-7-22-10-14)16-8-12-19-18-11-4-2-3-6-20(11)12;/h2-4,6,21H,5,7-10H2,1H3,(H2,15,16,17);1H. The van der Waals surface area contributed by atoms with E-state index in [9.17, 15) is 5.11 Å². The van der Waals surface area contributed by atoms with E-state index in [1.54, 1.807) is 18.8 Å². The molecule has 0 saturated carbocycles. The van der Waals surface area contributed by atoms with Gasteiger partial charge in [0.2, 0.25) is 0 Å². The SMILES string of the molecule is CN=C(NCc1nnc2ccccn12)NCC1(O)CCSC1.I. The number of aliphatic hydroxyl groups is 1. The summed E-state index contributed by atoms with van der Waals surface area (Å²) in [6.07, 6.45) is 2.75. The summed E-state index contributed by atoms with van der Waals surface area (Å²) in [6.45, 7) is 1.01. The van der Waals surface area contributed by atoms with Crippen LogP contribution < -0.4 is 10.6 Å². The van der Waals surface area contributed by atoms with Gasteiger partial charge < -0.3 is 15.7 Å². The third-order valence-corrected chi connectivity index (χ3v) is 4.92. The molecule has 3 rings (SSSR count). The van der Waals surface area contributed by atoms with E-state index >= 15 is 0 Å². The van der Waals surface area contributed by atoms with Crippen LogP contribution in [-0.4, -0.2) is 56.4 Å². The summed E-state index contributed by atoms with van der Waals surface area (Å²) in [6, 6.07) is 5.79. The Kier molecular flexibility index (Phi) is 6.48. The number of guanidine groups is 1. The molecule has 0 amide bonds. The quantitative estimate of drug-likeness (QED) is 0.366. The summed E-state index contributed by atoms with van der Waals surface area (Å²) in [5.41, 5.74) is 0.184. The van der Waals surface area contributed by atoms with Crippen LogP contribution >= 0.6 is 35.7 Å². The molecule has 1 atom stereocenters. The van der Waals surface area contributed by atoms with Crippen molar-refractivity contribution in [3.63, 3.8) is 0 Å². The Morgan fingerprint density at radius 1 is 1.43 bits per heavy atom. The fraction of sp³-hybridized carbons (Fsp3) is 0.500. The second kappa shape index (κ2) is 8.15. The molecule has 1 fully saturated rings. The monoisotopic (exact) mass is 448 g/mol. The number of nitrogens with one attached hydrogen (secondary N) is 2. The molecule has 9 heteroatoms. The molecule has 1 unspecified atom stereocenters. The minimum absolute atomic E-state index is 0. The smallest absolute Gasteiger partial charge is 0.191 e. The molecule has 0 bridgehead atoms. The number of thioether (sulfide) groups is 1. The van der Waals surface area contributed by atoms with Crippen molar-refractivity contribution < 1.29 is 5.11 Å². The number of fused-ring (bicyclic) bond motifs is 1. The average Bonchev–Trinajstić information content (AvgIpc) is 3.15. The lowest BCUT2D eigenvalue weighted by atomic mass is 10.0. The maximum absolute atomic E-state index is 10.3. The maximum Gasteiger partial charge on any atom is 0.191 e. The number of halogens is 1. The average molecular weight is 448 g/mol. The van der Waals surface area contributed by atoms with E-state index in [0.29, 0.717) is 19.0 Å². The van der Waals surface area contributed by atoms with Crippen molar-refractivity contribution in [1.29, 1.82) is 0 Å². The first-order valence-corrected chi connectivity index (χ1v) is 8.39.